The lowest BCUT2D eigenvalue weighted by Gasteiger charge is -2.38. The standard InChI is InChI=1S/C26H22N2O/c27-16-20-8-4-10-24-22-9-5-11-23(22)25(28-26(20)24)19-12-14-21(15-13-19)29-17-18-6-2-1-3-7-18/h1-10,12-15,22-23,25,28H,11,17H2. The molecule has 5 rings (SSSR count). The van der Waals surface area contributed by atoms with E-state index in [-0.39, 0.29) is 6.04 Å². The zero-order chi connectivity index (χ0) is 19.6. The molecule has 0 spiro atoms. The van der Waals surface area contributed by atoms with Crippen molar-refractivity contribution in [2.45, 2.75) is 25.0 Å². The fraction of sp³-hybridized carbons (Fsp3) is 0.192. The molecule has 3 aromatic carbocycles. The first-order chi connectivity index (χ1) is 14.3. The normalized spacial score (nSPS) is 21.6. The molecule has 3 atom stereocenters. The minimum Gasteiger partial charge on any atom is -0.489 e. The van der Waals surface area contributed by atoms with Crippen molar-refractivity contribution in [3.8, 4) is 11.8 Å². The zero-order valence-electron chi connectivity index (χ0n) is 16.1. The van der Waals surface area contributed by atoms with E-state index >= 15 is 0 Å². The fourth-order valence-corrected chi connectivity index (χ4v) is 4.56. The molecule has 29 heavy (non-hydrogen) atoms. The number of hydrogen-bond donors (Lipinski definition) is 1. The summed E-state index contributed by atoms with van der Waals surface area (Å²) in [5, 5.41) is 13.2. The number of nitrogens with one attached hydrogen (secondary N) is 1. The summed E-state index contributed by atoms with van der Waals surface area (Å²) >= 11 is 0. The van der Waals surface area contributed by atoms with Crippen LogP contribution in [0.5, 0.6) is 5.75 Å². The van der Waals surface area contributed by atoms with Crippen molar-refractivity contribution in [3.05, 3.63) is 107 Å². The summed E-state index contributed by atoms with van der Waals surface area (Å²) in [4.78, 5) is 0. The molecule has 3 unspecified atom stereocenters. The Hall–Kier alpha value is -3.51. The number of nitrogens with zero attached hydrogens (tertiary/aromatic N) is 1. The van der Waals surface area contributed by atoms with Crippen LogP contribution in [0.2, 0.25) is 0 Å². The van der Waals surface area contributed by atoms with Crippen LogP contribution in [0, 0.1) is 17.2 Å². The minimum absolute atomic E-state index is 0.181. The third kappa shape index (κ3) is 3.28. The highest BCUT2D eigenvalue weighted by atomic mass is 16.5. The smallest absolute Gasteiger partial charge is 0.119 e. The van der Waals surface area contributed by atoms with Crippen LogP contribution in [0.4, 0.5) is 5.69 Å². The van der Waals surface area contributed by atoms with Gasteiger partial charge in [-0.05, 0) is 47.2 Å². The minimum atomic E-state index is 0.181. The average molecular weight is 378 g/mol. The Labute approximate surface area is 171 Å². The molecule has 1 aliphatic heterocycles. The Morgan fingerprint density at radius 3 is 2.59 bits per heavy atom. The van der Waals surface area contributed by atoms with Gasteiger partial charge in [-0.2, -0.15) is 5.26 Å². The molecule has 3 nitrogen and oxygen atoms in total. The van der Waals surface area contributed by atoms with Crippen LogP contribution in [-0.2, 0) is 6.61 Å². The van der Waals surface area contributed by atoms with Gasteiger partial charge in [0.2, 0.25) is 0 Å². The number of benzene rings is 3. The second kappa shape index (κ2) is 7.48. The van der Waals surface area contributed by atoms with Crippen molar-refractivity contribution in [2.75, 3.05) is 5.32 Å². The maximum atomic E-state index is 9.56. The lowest BCUT2D eigenvalue weighted by Crippen LogP contribution is -2.29. The summed E-state index contributed by atoms with van der Waals surface area (Å²) in [6, 6.07) is 27.1. The number of allylic oxidation sites excluding steroid dienone is 2. The van der Waals surface area contributed by atoms with Crippen LogP contribution in [0.25, 0.3) is 0 Å². The summed E-state index contributed by atoms with van der Waals surface area (Å²) in [6.07, 6.45) is 5.62. The monoisotopic (exact) mass is 378 g/mol. The van der Waals surface area contributed by atoms with Gasteiger partial charge in [0.15, 0.2) is 0 Å². The van der Waals surface area contributed by atoms with Gasteiger partial charge in [0.25, 0.3) is 0 Å². The van der Waals surface area contributed by atoms with Gasteiger partial charge >= 0.3 is 0 Å². The molecule has 0 saturated heterocycles. The van der Waals surface area contributed by atoms with Crippen molar-refractivity contribution in [1.29, 1.82) is 5.26 Å². The summed E-state index contributed by atoms with van der Waals surface area (Å²) < 4.78 is 5.94. The SMILES string of the molecule is N#Cc1cccc2c1NC(c1ccc(OCc3ccccc3)cc1)C1CC=CC21. The largest absolute Gasteiger partial charge is 0.489 e. The maximum absolute atomic E-state index is 9.56. The Morgan fingerprint density at radius 2 is 1.79 bits per heavy atom. The van der Waals surface area contributed by atoms with E-state index in [9.17, 15) is 5.26 Å². The van der Waals surface area contributed by atoms with Gasteiger partial charge in [-0.1, -0.05) is 66.7 Å². The highest BCUT2D eigenvalue weighted by Gasteiger charge is 2.38. The second-order valence-electron chi connectivity index (χ2n) is 7.70. The topological polar surface area (TPSA) is 45.0 Å². The molecule has 3 aromatic rings. The molecule has 1 aliphatic carbocycles. The fourth-order valence-electron chi connectivity index (χ4n) is 4.56. The van der Waals surface area contributed by atoms with Crippen molar-refractivity contribution in [1.82, 2.24) is 0 Å². The highest BCUT2D eigenvalue weighted by Crippen LogP contribution is 2.50. The third-order valence-electron chi connectivity index (χ3n) is 6.00. The Morgan fingerprint density at radius 1 is 0.966 bits per heavy atom. The molecular weight excluding hydrogens is 356 g/mol. The van der Waals surface area contributed by atoms with E-state index in [1.54, 1.807) is 0 Å². The van der Waals surface area contributed by atoms with Crippen molar-refractivity contribution < 1.29 is 4.74 Å². The summed E-state index contributed by atoms with van der Waals surface area (Å²) in [7, 11) is 0. The first kappa shape index (κ1) is 17.6. The van der Waals surface area contributed by atoms with Gasteiger partial charge in [-0.3, -0.25) is 0 Å². The predicted molar refractivity (Wildman–Crippen MR) is 115 cm³/mol. The molecule has 0 aromatic heterocycles. The molecular formula is C26H22N2O. The first-order valence-corrected chi connectivity index (χ1v) is 10.1. The summed E-state index contributed by atoms with van der Waals surface area (Å²) in [6.45, 7) is 0.565. The second-order valence-corrected chi connectivity index (χ2v) is 7.70. The molecule has 0 radical (unpaired) electrons. The van der Waals surface area contributed by atoms with Crippen molar-refractivity contribution in [2.24, 2.45) is 5.92 Å². The van der Waals surface area contributed by atoms with E-state index < -0.39 is 0 Å². The van der Waals surface area contributed by atoms with E-state index in [4.69, 9.17) is 4.74 Å². The van der Waals surface area contributed by atoms with E-state index in [1.165, 1.54) is 11.1 Å². The number of ether oxygens (including phenoxy) is 1. The van der Waals surface area contributed by atoms with Crippen LogP contribution >= 0.6 is 0 Å². The average Bonchev–Trinajstić information content (AvgIpc) is 3.28. The highest BCUT2D eigenvalue weighted by molar-refractivity contribution is 5.67. The summed E-state index contributed by atoms with van der Waals surface area (Å²) in [5.41, 5.74) is 5.33. The van der Waals surface area contributed by atoms with E-state index in [2.05, 4.69) is 53.9 Å². The molecule has 1 heterocycles. The molecule has 3 heteroatoms. The van der Waals surface area contributed by atoms with Crippen LogP contribution in [-0.4, -0.2) is 0 Å². The number of fused-ring (bicyclic) bond motifs is 3. The molecule has 0 amide bonds. The van der Waals surface area contributed by atoms with Gasteiger partial charge in [0.05, 0.1) is 17.3 Å². The van der Waals surface area contributed by atoms with E-state index in [0.29, 0.717) is 24.0 Å². The molecule has 142 valence electrons. The Kier molecular flexibility index (Phi) is 4.54. The van der Waals surface area contributed by atoms with Crippen LogP contribution in [0.3, 0.4) is 0 Å². The predicted octanol–water partition coefficient (Wildman–Crippen LogP) is 5.96. The lowest BCUT2D eigenvalue weighted by molar-refractivity contribution is 0.306. The Balaban J connectivity index is 1.38. The van der Waals surface area contributed by atoms with Gasteiger partial charge in [-0.15, -0.1) is 0 Å². The van der Waals surface area contributed by atoms with Gasteiger partial charge in [0, 0.05) is 5.92 Å². The molecule has 0 saturated carbocycles. The number of para-hydroxylation sites is 1. The third-order valence-corrected chi connectivity index (χ3v) is 6.00. The number of nitriles is 1. The van der Waals surface area contributed by atoms with Gasteiger partial charge in [-0.25, -0.2) is 0 Å². The molecule has 0 bridgehead atoms. The van der Waals surface area contributed by atoms with Gasteiger partial charge in [0.1, 0.15) is 18.4 Å². The lowest BCUT2D eigenvalue weighted by atomic mass is 9.76. The van der Waals surface area contributed by atoms with Crippen molar-refractivity contribution >= 4 is 5.69 Å². The Bertz CT molecular complexity index is 1080. The number of rotatable bonds is 4. The molecule has 0 fully saturated rings. The van der Waals surface area contributed by atoms with Gasteiger partial charge < -0.3 is 10.1 Å². The number of anilines is 1. The van der Waals surface area contributed by atoms with E-state index in [1.807, 2.05) is 42.5 Å². The van der Waals surface area contributed by atoms with Crippen LogP contribution < -0.4 is 10.1 Å². The maximum Gasteiger partial charge on any atom is 0.119 e. The molecule has 2 aliphatic rings. The van der Waals surface area contributed by atoms with Crippen molar-refractivity contribution in [3.63, 3.8) is 0 Å². The first-order valence-electron chi connectivity index (χ1n) is 10.1. The summed E-state index contributed by atoms with van der Waals surface area (Å²) in [5.74, 6) is 1.69. The van der Waals surface area contributed by atoms with E-state index in [0.717, 1.165) is 23.4 Å². The zero-order valence-corrected chi connectivity index (χ0v) is 16.1. The van der Waals surface area contributed by atoms with Crippen LogP contribution in [0.1, 0.15) is 40.6 Å². The van der Waals surface area contributed by atoms with Crippen LogP contribution in [0.15, 0.2) is 84.9 Å². The molecule has 1 N–H and O–H groups in total. The quantitative estimate of drug-likeness (QED) is 0.569. The number of hydrogen-bond acceptors (Lipinski definition) is 3.